The van der Waals surface area contributed by atoms with Crippen LogP contribution in [0.5, 0.6) is 0 Å². The third-order valence-corrected chi connectivity index (χ3v) is 2.61. The van der Waals surface area contributed by atoms with E-state index in [4.69, 9.17) is 0 Å². The molecular weight excluding hydrogens is 180 g/mol. The highest BCUT2D eigenvalue weighted by Crippen LogP contribution is 2.05. The summed E-state index contributed by atoms with van der Waals surface area (Å²) in [5.41, 5.74) is 0. The molecule has 4 heteroatoms. The first kappa shape index (κ1) is 11.5. The number of likely N-dealkylation sites (N-methyl/N-ethyl adjacent to an activating group) is 1. The maximum absolute atomic E-state index is 10.8. The van der Waals surface area contributed by atoms with Crippen molar-refractivity contribution in [2.24, 2.45) is 0 Å². The quantitative estimate of drug-likeness (QED) is 0.509. The summed E-state index contributed by atoms with van der Waals surface area (Å²) in [5.74, 6) is -0.115. The van der Waals surface area contributed by atoms with Gasteiger partial charge >= 0.3 is 5.97 Å². The number of nitrogens with zero attached hydrogens (tertiary/aromatic N) is 1. The maximum Gasteiger partial charge on any atom is 0.305 e. The molecule has 0 amide bonds. The first-order chi connectivity index (χ1) is 6.72. The molecule has 1 fully saturated rings. The van der Waals surface area contributed by atoms with Crippen molar-refractivity contribution in [3.05, 3.63) is 0 Å². The Morgan fingerprint density at radius 3 is 3.00 bits per heavy atom. The average Bonchev–Trinajstić information content (AvgIpc) is 2.58. The van der Waals surface area contributed by atoms with Crippen molar-refractivity contribution in [3.8, 4) is 0 Å². The summed E-state index contributed by atoms with van der Waals surface area (Å²) in [6.45, 7) is 3.21. The molecule has 0 spiro atoms. The van der Waals surface area contributed by atoms with Crippen LogP contribution in [0.2, 0.25) is 0 Å². The van der Waals surface area contributed by atoms with Gasteiger partial charge in [-0.2, -0.15) is 0 Å². The van der Waals surface area contributed by atoms with Crippen LogP contribution in [0.3, 0.4) is 0 Å². The number of ether oxygens (including phenoxy) is 1. The smallest absolute Gasteiger partial charge is 0.305 e. The Labute approximate surface area is 85.6 Å². The highest BCUT2D eigenvalue weighted by atomic mass is 16.5. The molecule has 0 saturated carbocycles. The summed E-state index contributed by atoms with van der Waals surface area (Å²) < 4.78 is 4.56. The number of hydrogen-bond acceptors (Lipinski definition) is 4. The molecule has 0 bridgehead atoms. The standard InChI is InChI=1S/C10H20N2O2/c1-12-7-5-9(8-12)11-6-3-4-10(13)14-2/h9,11H,3-8H2,1-2H3. The summed E-state index contributed by atoms with van der Waals surface area (Å²) in [5, 5.41) is 3.44. The number of hydrogen-bond donors (Lipinski definition) is 1. The third kappa shape index (κ3) is 4.07. The Hall–Kier alpha value is -0.610. The zero-order valence-electron chi connectivity index (χ0n) is 9.08. The molecule has 1 N–H and O–H groups in total. The van der Waals surface area contributed by atoms with Gasteiger partial charge in [0.05, 0.1) is 7.11 Å². The summed E-state index contributed by atoms with van der Waals surface area (Å²) in [4.78, 5) is 13.1. The highest BCUT2D eigenvalue weighted by Gasteiger charge is 2.17. The van der Waals surface area contributed by atoms with Crippen molar-refractivity contribution in [1.82, 2.24) is 10.2 Å². The minimum Gasteiger partial charge on any atom is -0.469 e. The molecule has 0 aromatic rings. The zero-order chi connectivity index (χ0) is 10.4. The SMILES string of the molecule is COC(=O)CCCNC1CCN(C)C1. The number of carbonyl (C=O) groups excluding carboxylic acids is 1. The molecule has 1 saturated heterocycles. The van der Waals surface area contributed by atoms with Gasteiger partial charge in [-0.1, -0.05) is 0 Å². The topological polar surface area (TPSA) is 41.6 Å². The van der Waals surface area contributed by atoms with E-state index in [0.717, 1.165) is 19.5 Å². The predicted molar refractivity (Wildman–Crippen MR) is 55.2 cm³/mol. The molecule has 1 aliphatic rings. The van der Waals surface area contributed by atoms with Gasteiger partial charge in [0.15, 0.2) is 0 Å². The molecule has 1 atom stereocenters. The van der Waals surface area contributed by atoms with Crippen LogP contribution in [-0.2, 0) is 9.53 Å². The molecule has 0 aromatic carbocycles. The fraction of sp³-hybridized carbons (Fsp3) is 0.900. The molecular formula is C10H20N2O2. The van der Waals surface area contributed by atoms with E-state index in [2.05, 4.69) is 22.0 Å². The van der Waals surface area contributed by atoms with E-state index >= 15 is 0 Å². The van der Waals surface area contributed by atoms with E-state index in [9.17, 15) is 4.79 Å². The van der Waals surface area contributed by atoms with Gasteiger partial charge in [-0.15, -0.1) is 0 Å². The maximum atomic E-state index is 10.8. The van der Waals surface area contributed by atoms with Crippen LogP contribution in [0.1, 0.15) is 19.3 Å². The van der Waals surface area contributed by atoms with E-state index in [1.54, 1.807) is 0 Å². The van der Waals surface area contributed by atoms with Gasteiger partial charge in [-0.05, 0) is 33.0 Å². The van der Waals surface area contributed by atoms with Gasteiger partial charge in [0.1, 0.15) is 0 Å². The van der Waals surface area contributed by atoms with Crippen LogP contribution >= 0.6 is 0 Å². The number of methoxy groups -OCH3 is 1. The largest absolute Gasteiger partial charge is 0.469 e. The second kappa shape index (κ2) is 5.98. The minimum absolute atomic E-state index is 0.115. The predicted octanol–water partition coefficient (Wildman–Crippen LogP) is 0.233. The van der Waals surface area contributed by atoms with Crippen LogP contribution in [-0.4, -0.2) is 50.7 Å². The fourth-order valence-electron chi connectivity index (χ4n) is 1.74. The number of likely N-dealkylation sites (tertiary alicyclic amines) is 1. The Morgan fingerprint density at radius 2 is 2.43 bits per heavy atom. The molecule has 0 aliphatic carbocycles. The number of esters is 1. The van der Waals surface area contributed by atoms with E-state index < -0.39 is 0 Å². The summed E-state index contributed by atoms with van der Waals surface area (Å²) >= 11 is 0. The zero-order valence-corrected chi connectivity index (χ0v) is 9.08. The monoisotopic (exact) mass is 200 g/mol. The van der Waals surface area contributed by atoms with Gasteiger partial charge < -0.3 is 15.0 Å². The molecule has 82 valence electrons. The summed E-state index contributed by atoms with van der Waals surface area (Å²) in [7, 11) is 3.57. The van der Waals surface area contributed by atoms with E-state index in [1.807, 2.05) is 0 Å². The molecule has 1 unspecified atom stereocenters. The Balaban J connectivity index is 1.96. The van der Waals surface area contributed by atoms with E-state index in [-0.39, 0.29) is 5.97 Å². The molecule has 0 aromatic heterocycles. The second-order valence-corrected chi connectivity index (χ2v) is 3.88. The lowest BCUT2D eigenvalue weighted by molar-refractivity contribution is -0.140. The van der Waals surface area contributed by atoms with Gasteiger partial charge in [-0.25, -0.2) is 0 Å². The van der Waals surface area contributed by atoms with Crippen molar-refractivity contribution in [3.63, 3.8) is 0 Å². The first-order valence-electron chi connectivity index (χ1n) is 5.21. The third-order valence-electron chi connectivity index (χ3n) is 2.61. The van der Waals surface area contributed by atoms with Gasteiger partial charge in [0, 0.05) is 19.0 Å². The van der Waals surface area contributed by atoms with E-state index in [0.29, 0.717) is 12.5 Å². The van der Waals surface area contributed by atoms with E-state index in [1.165, 1.54) is 20.1 Å². The Bertz CT molecular complexity index is 185. The van der Waals surface area contributed by atoms with Crippen LogP contribution in [0.15, 0.2) is 0 Å². The Kier molecular flexibility index (Phi) is 4.90. The van der Waals surface area contributed by atoms with Crippen LogP contribution in [0.25, 0.3) is 0 Å². The van der Waals surface area contributed by atoms with Crippen molar-refractivity contribution in [2.75, 3.05) is 33.8 Å². The van der Waals surface area contributed by atoms with Crippen molar-refractivity contribution in [1.29, 1.82) is 0 Å². The second-order valence-electron chi connectivity index (χ2n) is 3.88. The Morgan fingerprint density at radius 1 is 1.64 bits per heavy atom. The molecule has 1 aliphatic heterocycles. The van der Waals surface area contributed by atoms with Crippen molar-refractivity contribution < 1.29 is 9.53 Å². The molecule has 1 heterocycles. The summed E-state index contributed by atoms with van der Waals surface area (Å²) in [6.07, 6.45) is 2.60. The lowest BCUT2D eigenvalue weighted by atomic mass is 10.2. The van der Waals surface area contributed by atoms with Crippen LogP contribution < -0.4 is 5.32 Å². The number of nitrogens with one attached hydrogen (secondary N) is 1. The molecule has 14 heavy (non-hydrogen) atoms. The molecule has 4 nitrogen and oxygen atoms in total. The average molecular weight is 200 g/mol. The summed E-state index contributed by atoms with van der Waals surface area (Å²) in [6, 6.07) is 0.609. The lowest BCUT2D eigenvalue weighted by Crippen LogP contribution is -2.32. The van der Waals surface area contributed by atoms with Gasteiger partial charge in [0.25, 0.3) is 0 Å². The normalized spacial score (nSPS) is 22.6. The fourth-order valence-corrected chi connectivity index (χ4v) is 1.74. The number of carbonyl (C=O) groups is 1. The van der Waals surface area contributed by atoms with Crippen molar-refractivity contribution in [2.45, 2.75) is 25.3 Å². The highest BCUT2D eigenvalue weighted by molar-refractivity contribution is 5.69. The van der Waals surface area contributed by atoms with Crippen molar-refractivity contribution >= 4 is 5.97 Å². The molecule has 1 rings (SSSR count). The lowest BCUT2D eigenvalue weighted by Gasteiger charge is -2.11. The van der Waals surface area contributed by atoms with Crippen LogP contribution in [0, 0.1) is 0 Å². The minimum atomic E-state index is -0.115. The number of rotatable bonds is 5. The van der Waals surface area contributed by atoms with Gasteiger partial charge in [0.2, 0.25) is 0 Å². The molecule has 0 radical (unpaired) electrons. The first-order valence-corrected chi connectivity index (χ1v) is 5.21. The van der Waals surface area contributed by atoms with Gasteiger partial charge in [-0.3, -0.25) is 4.79 Å². The van der Waals surface area contributed by atoms with Crippen LogP contribution in [0.4, 0.5) is 0 Å².